The van der Waals surface area contributed by atoms with Gasteiger partial charge in [0.2, 0.25) is 0 Å². The van der Waals surface area contributed by atoms with Gasteiger partial charge in [-0.05, 0) is 37.1 Å². The van der Waals surface area contributed by atoms with Crippen LogP contribution in [-0.2, 0) is 4.74 Å². The van der Waals surface area contributed by atoms with Crippen LogP contribution in [0.1, 0.15) is 23.2 Å². The number of halogens is 2. The highest BCUT2D eigenvalue weighted by Crippen LogP contribution is 2.32. The lowest BCUT2D eigenvalue weighted by Gasteiger charge is -2.19. The van der Waals surface area contributed by atoms with Crippen LogP contribution in [0.15, 0.2) is 36.5 Å². The minimum absolute atomic E-state index is 0.0920. The lowest BCUT2D eigenvalue weighted by molar-refractivity contribution is 0.0451. The highest BCUT2D eigenvalue weighted by molar-refractivity contribution is 6.37. The number of hydrogen-bond donors (Lipinski definition) is 0. The minimum Gasteiger partial charge on any atom is -0.487 e. The van der Waals surface area contributed by atoms with E-state index in [2.05, 4.69) is 9.88 Å². The Kier molecular flexibility index (Phi) is 6.00. The van der Waals surface area contributed by atoms with Gasteiger partial charge in [0.1, 0.15) is 24.6 Å². The fourth-order valence-electron chi connectivity index (χ4n) is 2.71. The number of pyridine rings is 1. The average Bonchev–Trinajstić information content (AvgIpc) is 3.15. The van der Waals surface area contributed by atoms with Gasteiger partial charge in [-0.3, -0.25) is 0 Å². The van der Waals surface area contributed by atoms with E-state index in [1.165, 1.54) is 0 Å². The number of esters is 1. The molecule has 1 fully saturated rings. The molecule has 3 rings (SSSR count). The molecule has 1 aliphatic heterocycles. The molecule has 7 heteroatoms. The van der Waals surface area contributed by atoms with E-state index in [0.717, 1.165) is 25.9 Å². The van der Waals surface area contributed by atoms with E-state index in [0.29, 0.717) is 27.2 Å². The molecule has 0 unspecified atom stereocenters. The first kappa shape index (κ1) is 17.8. The van der Waals surface area contributed by atoms with Crippen molar-refractivity contribution in [3.05, 3.63) is 52.1 Å². The number of rotatable bonds is 6. The molecule has 1 aromatic carbocycles. The van der Waals surface area contributed by atoms with Crippen molar-refractivity contribution in [3.8, 4) is 5.75 Å². The maximum Gasteiger partial charge on any atom is 0.342 e. The van der Waals surface area contributed by atoms with Crippen LogP contribution < -0.4 is 9.64 Å². The Labute approximate surface area is 156 Å². The van der Waals surface area contributed by atoms with Gasteiger partial charge in [0.15, 0.2) is 5.75 Å². The molecule has 1 aliphatic rings. The van der Waals surface area contributed by atoms with Gasteiger partial charge in [0.25, 0.3) is 0 Å². The van der Waals surface area contributed by atoms with Crippen LogP contribution in [0.2, 0.25) is 10.0 Å². The summed E-state index contributed by atoms with van der Waals surface area (Å²) < 4.78 is 10.8. The number of ether oxygens (including phenoxy) is 2. The van der Waals surface area contributed by atoms with Gasteiger partial charge in [-0.2, -0.15) is 0 Å². The molecule has 25 heavy (non-hydrogen) atoms. The summed E-state index contributed by atoms with van der Waals surface area (Å²) in [6, 6.07) is 8.57. The molecule has 0 N–H and O–H groups in total. The Bertz CT molecular complexity index is 729. The monoisotopic (exact) mass is 380 g/mol. The van der Waals surface area contributed by atoms with E-state index < -0.39 is 5.97 Å². The molecule has 0 saturated carbocycles. The topological polar surface area (TPSA) is 51.7 Å². The fraction of sp³-hybridized carbons (Fsp3) is 0.333. The van der Waals surface area contributed by atoms with Gasteiger partial charge in [-0.1, -0.05) is 29.3 Å². The highest BCUT2D eigenvalue weighted by Gasteiger charge is 2.21. The molecule has 0 atom stereocenters. The number of benzene rings is 1. The maximum absolute atomic E-state index is 12.4. The van der Waals surface area contributed by atoms with Crippen molar-refractivity contribution in [1.82, 2.24) is 4.98 Å². The molecule has 5 nitrogen and oxygen atoms in total. The molecule has 2 aromatic rings. The quantitative estimate of drug-likeness (QED) is 0.554. The fourth-order valence-corrected chi connectivity index (χ4v) is 3.22. The van der Waals surface area contributed by atoms with Gasteiger partial charge in [-0.25, -0.2) is 9.78 Å². The van der Waals surface area contributed by atoms with Gasteiger partial charge < -0.3 is 14.4 Å². The second-order valence-corrected chi connectivity index (χ2v) is 6.42. The summed E-state index contributed by atoms with van der Waals surface area (Å²) in [5, 5.41) is 0.838. The third kappa shape index (κ3) is 4.35. The van der Waals surface area contributed by atoms with Crippen LogP contribution in [0.4, 0.5) is 5.82 Å². The predicted molar refractivity (Wildman–Crippen MR) is 97.9 cm³/mol. The Hall–Kier alpha value is -1.98. The van der Waals surface area contributed by atoms with Gasteiger partial charge in [0, 0.05) is 19.3 Å². The number of aromatic nitrogens is 1. The lowest BCUT2D eigenvalue weighted by Crippen LogP contribution is -2.23. The number of carbonyl (C=O) groups excluding carboxylic acids is 1. The molecular formula is C18H18Cl2N2O3. The molecule has 1 saturated heterocycles. The summed E-state index contributed by atoms with van der Waals surface area (Å²) in [7, 11) is 0. The molecule has 0 aliphatic carbocycles. The Morgan fingerprint density at radius 2 is 1.80 bits per heavy atom. The van der Waals surface area contributed by atoms with Crippen LogP contribution in [-0.4, -0.2) is 37.3 Å². The smallest absolute Gasteiger partial charge is 0.342 e. The summed E-state index contributed by atoms with van der Waals surface area (Å²) in [5.74, 6) is 0.657. The number of anilines is 1. The molecule has 2 heterocycles. The van der Waals surface area contributed by atoms with E-state index in [4.69, 9.17) is 32.7 Å². The van der Waals surface area contributed by atoms with Gasteiger partial charge in [-0.15, -0.1) is 0 Å². The van der Waals surface area contributed by atoms with Crippen molar-refractivity contribution < 1.29 is 14.3 Å². The Morgan fingerprint density at radius 1 is 1.08 bits per heavy atom. The van der Waals surface area contributed by atoms with Crippen LogP contribution in [0.25, 0.3) is 0 Å². The van der Waals surface area contributed by atoms with Crippen molar-refractivity contribution in [2.45, 2.75) is 12.8 Å². The third-order valence-electron chi connectivity index (χ3n) is 3.89. The lowest BCUT2D eigenvalue weighted by atomic mass is 10.2. The van der Waals surface area contributed by atoms with Gasteiger partial charge in [0.05, 0.1) is 10.0 Å². The first-order valence-corrected chi connectivity index (χ1v) is 8.86. The predicted octanol–water partition coefficient (Wildman–Crippen LogP) is 4.22. The molecule has 0 bridgehead atoms. The van der Waals surface area contributed by atoms with Crippen molar-refractivity contribution in [2.24, 2.45) is 0 Å². The summed E-state index contributed by atoms with van der Waals surface area (Å²) in [4.78, 5) is 18.8. The zero-order valence-electron chi connectivity index (χ0n) is 13.6. The summed E-state index contributed by atoms with van der Waals surface area (Å²) in [6.45, 7) is 2.07. The maximum atomic E-state index is 12.4. The number of carbonyl (C=O) groups is 1. The van der Waals surface area contributed by atoms with E-state index in [1.807, 2.05) is 0 Å². The SMILES string of the molecule is O=C(OCCOc1c(Cl)cccc1Cl)c1cccnc1N1CCCC1. The van der Waals surface area contributed by atoms with Crippen LogP contribution in [0.5, 0.6) is 5.75 Å². The summed E-state index contributed by atoms with van der Waals surface area (Å²) >= 11 is 12.1. The van der Waals surface area contributed by atoms with Crippen molar-refractivity contribution in [2.75, 3.05) is 31.2 Å². The van der Waals surface area contributed by atoms with Crippen LogP contribution in [0.3, 0.4) is 0 Å². The second kappa shape index (κ2) is 8.41. The van der Waals surface area contributed by atoms with Crippen LogP contribution in [0, 0.1) is 0 Å². The average molecular weight is 381 g/mol. The summed E-state index contributed by atoms with van der Waals surface area (Å²) in [5.41, 5.74) is 0.472. The van der Waals surface area contributed by atoms with Crippen molar-refractivity contribution in [3.63, 3.8) is 0 Å². The standard InChI is InChI=1S/C18H18Cl2N2O3/c19-14-6-3-7-15(20)16(14)24-11-12-25-18(23)13-5-4-8-21-17(13)22-9-1-2-10-22/h3-8H,1-2,9-12H2. The molecular weight excluding hydrogens is 363 g/mol. The number of hydrogen-bond acceptors (Lipinski definition) is 5. The van der Waals surface area contributed by atoms with E-state index in [9.17, 15) is 4.79 Å². The molecule has 0 spiro atoms. The highest BCUT2D eigenvalue weighted by atomic mass is 35.5. The normalized spacial score (nSPS) is 13.8. The summed E-state index contributed by atoms with van der Waals surface area (Å²) in [6.07, 6.45) is 3.90. The first-order valence-electron chi connectivity index (χ1n) is 8.10. The Balaban J connectivity index is 1.56. The number of nitrogens with zero attached hydrogens (tertiary/aromatic N) is 2. The molecule has 1 aromatic heterocycles. The van der Waals surface area contributed by atoms with E-state index >= 15 is 0 Å². The first-order chi connectivity index (χ1) is 12.2. The van der Waals surface area contributed by atoms with Gasteiger partial charge >= 0.3 is 5.97 Å². The Morgan fingerprint density at radius 3 is 2.52 bits per heavy atom. The second-order valence-electron chi connectivity index (χ2n) is 5.60. The molecule has 0 amide bonds. The van der Waals surface area contributed by atoms with Crippen molar-refractivity contribution >= 4 is 35.0 Å². The third-order valence-corrected chi connectivity index (χ3v) is 4.49. The van der Waals surface area contributed by atoms with Crippen molar-refractivity contribution in [1.29, 1.82) is 0 Å². The number of para-hydroxylation sites is 1. The zero-order chi connectivity index (χ0) is 17.6. The largest absolute Gasteiger partial charge is 0.487 e. The minimum atomic E-state index is -0.413. The van der Waals surface area contributed by atoms with E-state index in [-0.39, 0.29) is 13.2 Å². The zero-order valence-corrected chi connectivity index (χ0v) is 15.1. The molecule has 132 valence electrons. The van der Waals surface area contributed by atoms with E-state index in [1.54, 1.807) is 36.5 Å². The van der Waals surface area contributed by atoms with Crippen LogP contribution >= 0.6 is 23.2 Å². The molecule has 0 radical (unpaired) electrons.